The summed E-state index contributed by atoms with van der Waals surface area (Å²) in [5.74, 6) is -0.588. The average molecular weight is 519 g/mol. The van der Waals surface area contributed by atoms with Crippen molar-refractivity contribution in [2.45, 2.75) is 26.4 Å². The highest BCUT2D eigenvalue weighted by Gasteiger charge is 2.13. The van der Waals surface area contributed by atoms with E-state index in [4.69, 9.17) is 39.6 Å². The van der Waals surface area contributed by atoms with Gasteiger partial charge in [-0.1, -0.05) is 83.6 Å². The molecule has 0 fully saturated rings. The van der Waals surface area contributed by atoms with Crippen molar-refractivity contribution in [3.05, 3.63) is 98.5 Å². The SMILES string of the molecule is CCCC(=NOCc1ccc(NC(=O)NC(=O)c2ccccc2Cl)cc1)c1ccc(Cl)cc1Cl. The van der Waals surface area contributed by atoms with Crippen LogP contribution in [0.3, 0.4) is 0 Å². The lowest BCUT2D eigenvalue weighted by atomic mass is 10.1. The number of hydrogen-bond acceptors (Lipinski definition) is 4. The zero-order valence-corrected chi connectivity index (χ0v) is 20.5. The van der Waals surface area contributed by atoms with Gasteiger partial charge in [-0.25, -0.2) is 4.79 Å². The minimum absolute atomic E-state index is 0.217. The highest BCUT2D eigenvalue weighted by molar-refractivity contribution is 6.37. The maximum Gasteiger partial charge on any atom is 0.326 e. The number of nitrogens with one attached hydrogen (secondary N) is 2. The molecule has 0 heterocycles. The standard InChI is InChI=1S/C25H22Cl3N3O3/c1-2-5-23(19-13-10-17(26)14-22(19)28)31-34-15-16-8-11-18(12-9-16)29-25(33)30-24(32)20-6-3-4-7-21(20)27/h3-4,6-14H,2,5,15H2,1H3,(H2,29,30,32,33). The van der Waals surface area contributed by atoms with Crippen LogP contribution in [0.1, 0.15) is 41.3 Å². The Balaban J connectivity index is 1.56. The molecule has 3 aromatic carbocycles. The first-order chi connectivity index (χ1) is 16.4. The number of rotatable bonds is 8. The number of imide groups is 1. The van der Waals surface area contributed by atoms with E-state index in [0.717, 1.165) is 23.3 Å². The lowest BCUT2D eigenvalue weighted by Crippen LogP contribution is -2.34. The molecule has 3 amide bonds. The van der Waals surface area contributed by atoms with Crippen LogP contribution in [0, 0.1) is 0 Å². The minimum Gasteiger partial charge on any atom is -0.391 e. The van der Waals surface area contributed by atoms with Gasteiger partial charge < -0.3 is 10.2 Å². The molecule has 0 radical (unpaired) electrons. The van der Waals surface area contributed by atoms with Crippen LogP contribution in [0.15, 0.2) is 71.9 Å². The first kappa shape index (κ1) is 25.6. The molecule has 0 aliphatic heterocycles. The third kappa shape index (κ3) is 7.22. The molecule has 0 aliphatic carbocycles. The molecular formula is C25H22Cl3N3O3. The third-order valence-corrected chi connectivity index (χ3v) is 5.57. The van der Waals surface area contributed by atoms with Crippen LogP contribution < -0.4 is 10.6 Å². The fourth-order valence-corrected chi connectivity index (χ4v) is 3.78. The highest BCUT2D eigenvalue weighted by Crippen LogP contribution is 2.23. The molecular weight excluding hydrogens is 497 g/mol. The van der Waals surface area contributed by atoms with Gasteiger partial charge in [0.25, 0.3) is 5.91 Å². The maximum absolute atomic E-state index is 12.2. The topological polar surface area (TPSA) is 79.8 Å². The van der Waals surface area contributed by atoms with Crippen molar-refractivity contribution < 1.29 is 14.4 Å². The van der Waals surface area contributed by atoms with Crippen molar-refractivity contribution in [3.8, 4) is 0 Å². The Morgan fingerprint density at radius 2 is 1.65 bits per heavy atom. The third-order valence-electron chi connectivity index (χ3n) is 4.69. The quantitative estimate of drug-likeness (QED) is 0.242. The van der Waals surface area contributed by atoms with E-state index < -0.39 is 11.9 Å². The summed E-state index contributed by atoms with van der Waals surface area (Å²) in [5.41, 5.74) is 3.10. The summed E-state index contributed by atoms with van der Waals surface area (Å²) < 4.78 is 0. The van der Waals surface area contributed by atoms with Gasteiger partial charge in [-0.2, -0.15) is 0 Å². The number of halogens is 3. The number of benzene rings is 3. The summed E-state index contributed by atoms with van der Waals surface area (Å²) >= 11 is 18.3. The number of carbonyl (C=O) groups is 2. The van der Waals surface area contributed by atoms with Crippen LogP contribution in [0.5, 0.6) is 0 Å². The minimum atomic E-state index is -0.664. The Bertz CT molecular complexity index is 1200. The average Bonchev–Trinajstić information content (AvgIpc) is 2.80. The number of oxime groups is 1. The molecule has 34 heavy (non-hydrogen) atoms. The van der Waals surface area contributed by atoms with E-state index in [9.17, 15) is 9.59 Å². The van der Waals surface area contributed by atoms with Crippen molar-refractivity contribution in [1.29, 1.82) is 0 Å². The van der Waals surface area contributed by atoms with Gasteiger partial charge in [0.2, 0.25) is 0 Å². The Morgan fingerprint density at radius 3 is 2.32 bits per heavy atom. The summed E-state index contributed by atoms with van der Waals surface area (Å²) in [6.07, 6.45) is 1.58. The van der Waals surface area contributed by atoms with Crippen molar-refractivity contribution in [2.75, 3.05) is 5.32 Å². The van der Waals surface area contributed by atoms with Gasteiger partial charge in [-0.15, -0.1) is 0 Å². The zero-order valence-electron chi connectivity index (χ0n) is 18.3. The number of amides is 3. The Labute approximate surface area is 212 Å². The summed E-state index contributed by atoms with van der Waals surface area (Å²) in [6, 6.07) is 18.1. The van der Waals surface area contributed by atoms with Gasteiger partial charge in [0.15, 0.2) is 0 Å². The van der Waals surface area contributed by atoms with Gasteiger partial charge in [-0.3, -0.25) is 10.1 Å². The maximum atomic E-state index is 12.2. The Morgan fingerprint density at radius 1 is 0.912 bits per heavy atom. The van der Waals surface area contributed by atoms with E-state index in [0.29, 0.717) is 22.2 Å². The zero-order chi connectivity index (χ0) is 24.5. The van der Waals surface area contributed by atoms with Crippen LogP contribution in [-0.2, 0) is 11.4 Å². The van der Waals surface area contributed by atoms with Crippen LogP contribution in [-0.4, -0.2) is 17.6 Å². The molecule has 0 aromatic heterocycles. The molecule has 0 saturated carbocycles. The van der Waals surface area contributed by atoms with Crippen molar-refractivity contribution >= 4 is 58.1 Å². The lowest BCUT2D eigenvalue weighted by Gasteiger charge is -2.10. The first-order valence-corrected chi connectivity index (χ1v) is 11.6. The normalized spacial score (nSPS) is 11.1. The molecule has 3 aromatic rings. The summed E-state index contributed by atoms with van der Waals surface area (Å²) in [4.78, 5) is 29.9. The van der Waals surface area contributed by atoms with E-state index in [2.05, 4.69) is 15.8 Å². The highest BCUT2D eigenvalue weighted by atomic mass is 35.5. The van der Waals surface area contributed by atoms with Gasteiger partial charge >= 0.3 is 6.03 Å². The van der Waals surface area contributed by atoms with Crippen molar-refractivity contribution in [1.82, 2.24) is 5.32 Å². The van der Waals surface area contributed by atoms with E-state index >= 15 is 0 Å². The monoisotopic (exact) mass is 517 g/mol. The van der Waals surface area contributed by atoms with Crippen LogP contribution in [0.2, 0.25) is 15.1 Å². The fourth-order valence-electron chi connectivity index (χ4n) is 3.04. The van der Waals surface area contributed by atoms with Crippen LogP contribution in [0.4, 0.5) is 10.5 Å². The summed E-state index contributed by atoms with van der Waals surface area (Å²) in [7, 11) is 0. The van der Waals surface area contributed by atoms with E-state index in [1.165, 1.54) is 6.07 Å². The fraction of sp³-hybridized carbons (Fsp3) is 0.160. The Hall–Kier alpha value is -3.06. The van der Waals surface area contributed by atoms with E-state index in [1.807, 2.05) is 13.0 Å². The second kappa shape index (κ2) is 12.4. The number of anilines is 1. The predicted octanol–water partition coefficient (Wildman–Crippen LogP) is 7.33. The van der Waals surface area contributed by atoms with Crippen LogP contribution in [0.25, 0.3) is 0 Å². The van der Waals surface area contributed by atoms with E-state index in [-0.39, 0.29) is 17.2 Å². The van der Waals surface area contributed by atoms with Gasteiger partial charge in [0.05, 0.1) is 21.3 Å². The molecule has 9 heteroatoms. The molecule has 0 aliphatic rings. The molecule has 0 spiro atoms. The number of nitrogens with zero attached hydrogens (tertiary/aromatic N) is 1. The second-order valence-electron chi connectivity index (χ2n) is 7.27. The summed E-state index contributed by atoms with van der Waals surface area (Å²) in [6.45, 7) is 2.28. The molecule has 176 valence electrons. The lowest BCUT2D eigenvalue weighted by molar-refractivity contribution is 0.0967. The number of carbonyl (C=O) groups excluding carboxylic acids is 2. The molecule has 6 nitrogen and oxygen atoms in total. The smallest absolute Gasteiger partial charge is 0.326 e. The largest absolute Gasteiger partial charge is 0.391 e. The molecule has 0 atom stereocenters. The van der Waals surface area contributed by atoms with Crippen molar-refractivity contribution in [3.63, 3.8) is 0 Å². The first-order valence-electron chi connectivity index (χ1n) is 10.5. The molecule has 2 N–H and O–H groups in total. The van der Waals surface area contributed by atoms with E-state index in [1.54, 1.807) is 54.6 Å². The van der Waals surface area contributed by atoms with Gasteiger partial charge in [-0.05, 0) is 48.4 Å². The van der Waals surface area contributed by atoms with Crippen molar-refractivity contribution in [2.24, 2.45) is 5.16 Å². The second-order valence-corrected chi connectivity index (χ2v) is 8.52. The molecule has 0 saturated heterocycles. The summed E-state index contributed by atoms with van der Waals surface area (Å²) in [5, 5.41) is 10.5. The molecule has 0 bridgehead atoms. The van der Waals surface area contributed by atoms with Gasteiger partial charge in [0.1, 0.15) is 6.61 Å². The Kier molecular flexibility index (Phi) is 9.33. The molecule has 3 rings (SSSR count). The van der Waals surface area contributed by atoms with Crippen LogP contribution >= 0.6 is 34.8 Å². The predicted molar refractivity (Wildman–Crippen MR) is 137 cm³/mol. The number of hydrogen-bond donors (Lipinski definition) is 2. The number of urea groups is 1. The molecule has 0 unspecified atom stereocenters. The van der Waals surface area contributed by atoms with Gasteiger partial charge in [0, 0.05) is 16.3 Å².